The molecule has 1 unspecified atom stereocenters. The minimum absolute atomic E-state index is 0.0637. The second-order valence-corrected chi connectivity index (χ2v) is 11.4. The first kappa shape index (κ1) is 19.3. The molecule has 1 saturated heterocycles. The molecule has 0 radical (unpaired) electrons. The second-order valence-electron chi connectivity index (χ2n) is 9.01. The van der Waals surface area contributed by atoms with E-state index < -0.39 is 0 Å². The zero-order valence-corrected chi connectivity index (χ0v) is 19.4. The summed E-state index contributed by atoms with van der Waals surface area (Å²) in [5.74, 6) is 0.293. The Balaban J connectivity index is 1.34. The Hall–Kier alpha value is -2.37. The third-order valence-corrected chi connectivity index (χ3v) is 9.37. The van der Waals surface area contributed by atoms with Crippen molar-refractivity contribution in [2.45, 2.75) is 53.3 Å². The third kappa shape index (κ3) is 3.01. The van der Waals surface area contributed by atoms with Gasteiger partial charge in [0.05, 0.1) is 10.2 Å². The van der Waals surface area contributed by atoms with E-state index >= 15 is 0 Å². The summed E-state index contributed by atoms with van der Waals surface area (Å²) in [6.07, 6.45) is 3.68. The molecule has 2 atom stereocenters. The van der Waals surface area contributed by atoms with Crippen LogP contribution in [0.5, 0.6) is 0 Å². The highest BCUT2D eigenvalue weighted by Gasteiger charge is 2.46. The molecule has 0 saturated carbocycles. The number of rotatable bonds is 2. The number of nitrogens with zero attached hydrogens (tertiary/aromatic N) is 2. The zero-order valence-electron chi connectivity index (χ0n) is 17.7. The Morgan fingerprint density at radius 1 is 1.13 bits per heavy atom. The minimum Gasteiger partial charge on any atom is -0.342 e. The topological polar surface area (TPSA) is 33.2 Å². The van der Waals surface area contributed by atoms with Gasteiger partial charge in [-0.05, 0) is 54.0 Å². The number of thiazole rings is 1. The van der Waals surface area contributed by atoms with Gasteiger partial charge < -0.3 is 4.90 Å². The number of aromatic nitrogens is 1. The second kappa shape index (κ2) is 7.07. The minimum atomic E-state index is 0.0637. The molecule has 4 aromatic rings. The number of benzene rings is 3. The third-order valence-electron chi connectivity index (χ3n) is 7.30. The quantitative estimate of drug-likeness (QED) is 0.357. The lowest BCUT2D eigenvalue weighted by molar-refractivity contribution is -0.138. The van der Waals surface area contributed by atoms with Crippen molar-refractivity contribution in [3.8, 4) is 0 Å². The number of fused-ring (bicyclic) bond motifs is 6. The van der Waals surface area contributed by atoms with Crippen molar-refractivity contribution in [2.24, 2.45) is 0 Å². The zero-order chi connectivity index (χ0) is 21.2. The monoisotopic (exact) mass is 444 g/mol. The summed E-state index contributed by atoms with van der Waals surface area (Å²) in [5, 5.41) is 2.47. The van der Waals surface area contributed by atoms with Crippen LogP contribution >= 0.6 is 23.1 Å². The van der Waals surface area contributed by atoms with Gasteiger partial charge in [0.25, 0.3) is 0 Å². The van der Waals surface area contributed by atoms with Gasteiger partial charge in [0.15, 0.2) is 4.34 Å². The maximum Gasteiger partial charge on any atom is 0.222 e. The van der Waals surface area contributed by atoms with E-state index in [0.29, 0.717) is 18.4 Å². The molecule has 0 N–H and O–H groups in total. The molecule has 0 bridgehead atoms. The molecule has 3 aromatic carbocycles. The van der Waals surface area contributed by atoms with Crippen molar-refractivity contribution in [1.82, 2.24) is 9.88 Å². The molecule has 6 rings (SSSR count). The van der Waals surface area contributed by atoms with Crippen LogP contribution in [0.2, 0.25) is 0 Å². The van der Waals surface area contributed by atoms with Gasteiger partial charge in [0, 0.05) is 35.2 Å². The molecule has 5 heteroatoms. The Kier molecular flexibility index (Phi) is 4.41. The van der Waals surface area contributed by atoms with Crippen molar-refractivity contribution >= 4 is 50.0 Å². The predicted molar refractivity (Wildman–Crippen MR) is 129 cm³/mol. The molecule has 0 spiro atoms. The van der Waals surface area contributed by atoms with Crippen molar-refractivity contribution in [3.63, 3.8) is 0 Å². The number of amides is 1. The molecular formula is C26H24N2OS2. The summed E-state index contributed by atoms with van der Waals surface area (Å²) in [5.41, 5.74) is 4.04. The highest BCUT2D eigenvalue weighted by molar-refractivity contribution is 8.01. The van der Waals surface area contributed by atoms with Gasteiger partial charge in [0.2, 0.25) is 5.91 Å². The van der Waals surface area contributed by atoms with Crippen molar-refractivity contribution < 1.29 is 4.79 Å². The van der Waals surface area contributed by atoms with Gasteiger partial charge in [-0.2, -0.15) is 0 Å². The first-order valence-electron chi connectivity index (χ1n) is 10.9. The number of piperidine rings is 1. The highest BCUT2D eigenvalue weighted by Crippen LogP contribution is 2.47. The van der Waals surface area contributed by atoms with E-state index in [1.54, 1.807) is 23.1 Å². The van der Waals surface area contributed by atoms with Crippen LogP contribution in [0.25, 0.3) is 21.0 Å². The molecule has 1 fully saturated rings. The smallest absolute Gasteiger partial charge is 0.222 e. The number of hydrogen-bond acceptors (Lipinski definition) is 4. The van der Waals surface area contributed by atoms with Gasteiger partial charge in [-0.1, -0.05) is 55.1 Å². The Labute approximate surface area is 190 Å². The molecular weight excluding hydrogens is 420 g/mol. The predicted octanol–water partition coefficient (Wildman–Crippen LogP) is 6.43. The van der Waals surface area contributed by atoms with E-state index in [-0.39, 0.29) is 5.41 Å². The fourth-order valence-corrected chi connectivity index (χ4v) is 7.73. The van der Waals surface area contributed by atoms with Gasteiger partial charge in [-0.3, -0.25) is 4.79 Å². The van der Waals surface area contributed by atoms with E-state index in [9.17, 15) is 4.79 Å². The summed E-state index contributed by atoms with van der Waals surface area (Å²) in [6.45, 7) is 2.35. The largest absolute Gasteiger partial charge is 0.342 e. The van der Waals surface area contributed by atoms with Crippen LogP contribution in [0.4, 0.5) is 0 Å². The molecule has 1 aliphatic carbocycles. The van der Waals surface area contributed by atoms with E-state index in [1.807, 2.05) is 11.9 Å². The summed E-state index contributed by atoms with van der Waals surface area (Å²) in [4.78, 5) is 20.5. The van der Waals surface area contributed by atoms with E-state index in [0.717, 1.165) is 29.1 Å². The first-order chi connectivity index (χ1) is 15.0. The van der Waals surface area contributed by atoms with Gasteiger partial charge in [-0.15, -0.1) is 11.3 Å². The average Bonchev–Trinajstić information content (AvgIpc) is 3.19. The molecule has 1 amide bonds. The van der Waals surface area contributed by atoms with Crippen LogP contribution in [0.15, 0.2) is 63.8 Å². The molecule has 156 valence electrons. The van der Waals surface area contributed by atoms with Gasteiger partial charge in [-0.25, -0.2) is 4.98 Å². The standard InChI is InChI=1S/C26H24N2OS2/c1-26-14-13-23(29)28(2)22(26)12-8-17-15-18(9-10-20(17)26)30-25-27-24-19-6-4-3-5-16(19)7-11-21(24)31-25/h3-7,9-11,15,22H,8,12-14H2,1-2H3/t22?,26-/m1/s1. The fraction of sp³-hybridized carbons (Fsp3) is 0.308. The number of likely N-dealkylation sites (tertiary alicyclic amines) is 1. The lowest BCUT2D eigenvalue weighted by Crippen LogP contribution is -2.56. The number of carbonyl (C=O) groups is 1. The molecule has 2 aliphatic rings. The van der Waals surface area contributed by atoms with Crippen LogP contribution in [-0.2, 0) is 16.6 Å². The van der Waals surface area contributed by atoms with E-state index in [2.05, 4.69) is 61.5 Å². The number of hydrogen-bond donors (Lipinski definition) is 0. The van der Waals surface area contributed by atoms with Gasteiger partial charge in [0.1, 0.15) is 0 Å². The summed E-state index contributed by atoms with van der Waals surface area (Å²) < 4.78 is 2.33. The number of aryl methyl sites for hydroxylation is 1. The van der Waals surface area contributed by atoms with Crippen LogP contribution < -0.4 is 0 Å². The molecule has 1 aliphatic heterocycles. The van der Waals surface area contributed by atoms with Crippen LogP contribution in [0.1, 0.15) is 37.3 Å². The van der Waals surface area contributed by atoms with Crippen molar-refractivity contribution in [3.05, 3.63) is 65.7 Å². The maximum atomic E-state index is 12.2. The molecule has 31 heavy (non-hydrogen) atoms. The summed E-state index contributed by atoms with van der Waals surface area (Å²) in [6, 6.07) is 20.1. The summed E-state index contributed by atoms with van der Waals surface area (Å²) in [7, 11) is 1.98. The number of carbonyl (C=O) groups excluding carboxylic acids is 1. The number of likely N-dealkylation sites (N-methyl/N-ethyl adjacent to an activating group) is 1. The first-order valence-corrected chi connectivity index (χ1v) is 12.5. The lowest BCUT2D eigenvalue weighted by atomic mass is 9.63. The van der Waals surface area contributed by atoms with Crippen LogP contribution in [-0.4, -0.2) is 28.9 Å². The normalized spacial score (nSPS) is 23.2. The Morgan fingerprint density at radius 3 is 2.90 bits per heavy atom. The van der Waals surface area contributed by atoms with E-state index in [4.69, 9.17) is 4.98 Å². The molecule has 1 aromatic heterocycles. The van der Waals surface area contributed by atoms with E-state index in [1.165, 1.54) is 31.5 Å². The fourth-order valence-electron chi connectivity index (χ4n) is 5.61. The lowest BCUT2D eigenvalue weighted by Gasteiger charge is -2.50. The average molecular weight is 445 g/mol. The molecule has 3 nitrogen and oxygen atoms in total. The Bertz CT molecular complexity index is 1340. The van der Waals surface area contributed by atoms with Crippen LogP contribution in [0.3, 0.4) is 0 Å². The highest BCUT2D eigenvalue weighted by atomic mass is 32.2. The Morgan fingerprint density at radius 2 is 2.00 bits per heavy atom. The van der Waals surface area contributed by atoms with Gasteiger partial charge >= 0.3 is 0 Å². The maximum absolute atomic E-state index is 12.2. The van der Waals surface area contributed by atoms with Crippen molar-refractivity contribution in [1.29, 1.82) is 0 Å². The molecule has 2 heterocycles. The van der Waals surface area contributed by atoms with Crippen LogP contribution in [0, 0.1) is 0 Å². The SMILES string of the molecule is CN1C(=O)CC[C@]2(C)c3ccc(Sc4nc5c(ccc6ccccc65)s4)cc3CCC12. The summed E-state index contributed by atoms with van der Waals surface area (Å²) >= 11 is 3.54. The van der Waals surface area contributed by atoms with Crippen molar-refractivity contribution in [2.75, 3.05) is 7.05 Å².